The summed E-state index contributed by atoms with van der Waals surface area (Å²) in [5.74, 6) is 0.221. The molecule has 27 heavy (non-hydrogen) atoms. The minimum Gasteiger partial charge on any atom is -0.496 e. The standard InChI is InChI=1S/C23H21NO3/c1-3-4-7-16-14-17(12-13-20(16)27-2)24-22(25)18-10-5-8-15-9-6-11-19(21(15)18)23(24)26/h5-6,8-14H,3-4,7H2,1-2H3. The summed E-state index contributed by atoms with van der Waals surface area (Å²) in [6, 6.07) is 16.6. The van der Waals surface area contributed by atoms with Gasteiger partial charge in [0, 0.05) is 16.5 Å². The van der Waals surface area contributed by atoms with E-state index in [1.165, 1.54) is 4.90 Å². The van der Waals surface area contributed by atoms with E-state index in [0.29, 0.717) is 16.8 Å². The molecule has 1 heterocycles. The Hall–Kier alpha value is -3.14. The predicted octanol–water partition coefficient (Wildman–Crippen LogP) is 4.99. The Morgan fingerprint density at radius 3 is 2.19 bits per heavy atom. The molecule has 0 atom stereocenters. The van der Waals surface area contributed by atoms with Crippen LogP contribution in [0, 0.1) is 0 Å². The van der Waals surface area contributed by atoms with Crippen LogP contribution < -0.4 is 9.64 Å². The summed E-state index contributed by atoms with van der Waals surface area (Å²) < 4.78 is 5.45. The van der Waals surface area contributed by atoms with E-state index in [-0.39, 0.29) is 11.8 Å². The van der Waals surface area contributed by atoms with Gasteiger partial charge in [0.2, 0.25) is 0 Å². The molecule has 0 saturated heterocycles. The number of imide groups is 1. The lowest BCUT2D eigenvalue weighted by Gasteiger charge is -2.27. The lowest BCUT2D eigenvalue weighted by atomic mass is 9.93. The van der Waals surface area contributed by atoms with Crippen LogP contribution in [0.4, 0.5) is 5.69 Å². The van der Waals surface area contributed by atoms with E-state index in [4.69, 9.17) is 4.74 Å². The number of nitrogens with zero attached hydrogens (tertiary/aromatic N) is 1. The second kappa shape index (κ2) is 6.88. The Balaban J connectivity index is 1.84. The second-order valence-corrected chi connectivity index (χ2v) is 6.75. The van der Waals surface area contributed by atoms with Gasteiger partial charge in [-0.3, -0.25) is 9.59 Å². The minimum atomic E-state index is -0.282. The number of anilines is 1. The number of benzene rings is 3. The predicted molar refractivity (Wildman–Crippen MR) is 107 cm³/mol. The van der Waals surface area contributed by atoms with Crippen LogP contribution in [0.25, 0.3) is 10.8 Å². The van der Waals surface area contributed by atoms with Gasteiger partial charge in [-0.25, -0.2) is 4.90 Å². The molecule has 4 rings (SSSR count). The van der Waals surface area contributed by atoms with Crippen LogP contribution in [0.5, 0.6) is 5.75 Å². The van der Waals surface area contributed by atoms with Gasteiger partial charge in [-0.2, -0.15) is 0 Å². The summed E-state index contributed by atoms with van der Waals surface area (Å²) in [6.45, 7) is 2.13. The van der Waals surface area contributed by atoms with Gasteiger partial charge in [0.1, 0.15) is 5.75 Å². The third-order valence-corrected chi connectivity index (χ3v) is 5.09. The number of carbonyl (C=O) groups excluding carboxylic acids is 2. The van der Waals surface area contributed by atoms with Gasteiger partial charge in [-0.05, 0) is 54.1 Å². The first kappa shape index (κ1) is 17.3. The lowest BCUT2D eigenvalue weighted by Crippen LogP contribution is -2.40. The minimum absolute atomic E-state index is 0.282. The second-order valence-electron chi connectivity index (χ2n) is 6.75. The number of amides is 2. The summed E-state index contributed by atoms with van der Waals surface area (Å²) in [4.78, 5) is 27.6. The van der Waals surface area contributed by atoms with E-state index < -0.39 is 0 Å². The number of rotatable bonds is 5. The number of methoxy groups -OCH3 is 1. The zero-order chi connectivity index (χ0) is 19.0. The van der Waals surface area contributed by atoms with Crippen LogP contribution in [0.3, 0.4) is 0 Å². The molecule has 0 fully saturated rings. The maximum absolute atomic E-state index is 13.2. The Kier molecular flexibility index (Phi) is 4.40. The Morgan fingerprint density at radius 2 is 1.59 bits per heavy atom. The molecule has 0 bridgehead atoms. The summed E-state index contributed by atoms with van der Waals surface area (Å²) in [5, 5.41) is 1.65. The van der Waals surface area contributed by atoms with E-state index in [1.54, 1.807) is 25.3 Å². The van der Waals surface area contributed by atoms with Gasteiger partial charge in [0.15, 0.2) is 0 Å². The number of unbranched alkanes of at least 4 members (excludes halogenated alkanes) is 1. The van der Waals surface area contributed by atoms with E-state index in [2.05, 4.69) is 6.92 Å². The van der Waals surface area contributed by atoms with Crippen LogP contribution >= 0.6 is 0 Å². The van der Waals surface area contributed by atoms with E-state index in [1.807, 2.05) is 36.4 Å². The van der Waals surface area contributed by atoms with Crippen molar-refractivity contribution in [3.63, 3.8) is 0 Å². The smallest absolute Gasteiger partial charge is 0.265 e. The Bertz CT molecular complexity index is 1000. The number of aryl methyl sites for hydroxylation is 1. The highest BCUT2D eigenvalue weighted by atomic mass is 16.5. The average Bonchev–Trinajstić information content (AvgIpc) is 2.70. The number of carbonyl (C=O) groups is 2. The van der Waals surface area contributed by atoms with Crippen molar-refractivity contribution < 1.29 is 14.3 Å². The van der Waals surface area contributed by atoms with Crippen molar-refractivity contribution in [1.82, 2.24) is 0 Å². The summed E-state index contributed by atoms with van der Waals surface area (Å²) >= 11 is 0. The molecule has 4 nitrogen and oxygen atoms in total. The average molecular weight is 359 g/mol. The SMILES string of the molecule is CCCCc1cc(N2C(=O)c3cccc4cccc(c34)C2=O)ccc1OC. The molecule has 2 amide bonds. The molecule has 0 spiro atoms. The molecule has 1 aliphatic rings. The normalized spacial score (nSPS) is 13.3. The molecule has 0 N–H and O–H groups in total. The number of ether oxygens (including phenoxy) is 1. The van der Waals surface area contributed by atoms with Gasteiger partial charge >= 0.3 is 0 Å². The maximum atomic E-state index is 13.2. The zero-order valence-corrected chi connectivity index (χ0v) is 15.5. The lowest BCUT2D eigenvalue weighted by molar-refractivity contribution is 0.0893. The number of hydrogen-bond donors (Lipinski definition) is 0. The quantitative estimate of drug-likeness (QED) is 0.603. The fourth-order valence-electron chi connectivity index (χ4n) is 3.73. The van der Waals surface area contributed by atoms with Crippen LogP contribution in [0.15, 0.2) is 54.6 Å². The molecule has 4 heteroatoms. The van der Waals surface area contributed by atoms with Crippen molar-refractivity contribution in [2.45, 2.75) is 26.2 Å². The summed E-state index contributed by atoms with van der Waals surface area (Å²) in [6.07, 6.45) is 2.92. The van der Waals surface area contributed by atoms with Crippen molar-refractivity contribution in [2.75, 3.05) is 12.0 Å². The molecule has 3 aromatic rings. The first-order valence-corrected chi connectivity index (χ1v) is 9.23. The van der Waals surface area contributed by atoms with Crippen molar-refractivity contribution in [3.05, 3.63) is 71.3 Å². The van der Waals surface area contributed by atoms with Gasteiger partial charge in [-0.15, -0.1) is 0 Å². The van der Waals surface area contributed by atoms with E-state index >= 15 is 0 Å². The van der Waals surface area contributed by atoms with Crippen molar-refractivity contribution in [3.8, 4) is 5.75 Å². The van der Waals surface area contributed by atoms with Crippen LogP contribution in [-0.2, 0) is 6.42 Å². The molecule has 0 aliphatic carbocycles. The third kappa shape index (κ3) is 2.78. The molecule has 0 unspecified atom stereocenters. The van der Waals surface area contributed by atoms with E-state index in [9.17, 15) is 9.59 Å². The van der Waals surface area contributed by atoms with Gasteiger partial charge in [0.25, 0.3) is 11.8 Å². The molecule has 0 saturated carbocycles. The first-order valence-electron chi connectivity index (χ1n) is 9.23. The fourth-order valence-corrected chi connectivity index (χ4v) is 3.73. The summed E-state index contributed by atoms with van der Waals surface area (Å²) in [7, 11) is 1.64. The van der Waals surface area contributed by atoms with Crippen molar-refractivity contribution in [1.29, 1.82) is 0 Å². The highest BCUT2D eigenvalue weighted by Gasteiger charge is 2.34. The fraction of sp³-hybridized carbons (Fsp3) is 0.217. The molecule has 136 valence electrons. The van der Waals surface area contributed by atoms with E-state index in [0.717, 1.165) is 41.3 Å². The van der Waals surface area contributed by atoms with Crippen molar-refractivity contribution in [2.24, 2.45) is 0 Å². The molecule has 1 aliphatic heterocycles. The highest BCUT2D eigenvalue weighted by Crippen LogP contribution is 2.34. The van der Waals surface area contributed by atoms with Gasteiger partial charge < -0.3 is 4.74 Å². The Morgan fingerprint density at radius 1 is 0.926 bits per heavy atom. The molecule has 3 aromatic carbocycles. The van der Waals surface area contributed by atoms with Crippen LogP contribution in [0.1, 0.15) is 46.0 Å². The maximum Gasteiger partial charge on any atom is 0.265 e. The number of hydrogen-bond acceptors (Lipinski definition) is 3. The monoisotopic (exact) mass is 359 g/mol. The van der Waals surface area contributed by atoms with Gasteiger partial charge in [0.05, 0.1) is 12.8 Å². The van der Waals surface area contributed by atoms with Crippen LogP contribution in [-0.4, -0.2) is 18.9 Å². The first-order chi connectivity index (χ1) is 13.2. The van der Waals surface area contributed by atoms with Crippen molar-refractivity contribution >= 4 is 28.3 Å². The van der Waals surface area contributed by atoms with Crippen LogP contribution in [0.2, 0.25) is 0 Å². The topological polar surface area (TPSA) is 46.6 Å². The Labute approximate surface area is 158 Å². The zero-order valence-electron chi connectivity index (χ0n) is 15.5. The summed E-state index contributed by atoms with van der Waals surface area (Å²) in [5.41, 5.74) is 2.72. The largest absolute Gasteiger partial charge is 0.496 e. The molecule has 0 aromatic heterocycles. The molecular formula is C23H21NO3. The van der Waals surface area contributed by atoms with Gasteiger partial charge in [-0.1, -0.05) is 37.6 Å². The molecule has 0 radical (unpaired) electrons. The third-order valence-electron chi connectivity index (χ3n) is 5.09. The molecular weight excluding hydrogens is 338 g/mol. The highest BCUT2D eigenvalue weighted by molar-refractivity contribution is 6.35.